The summed E-state index contributed by atoms with van der Waals surface area (Å²) in [5.74, 6) is -0.0855. The second-order valence-corrected chi connectivity index (χ2v) is 6.18. The van der Waals surface area contributed by atoms with Gasteiger partial charge in [0.15, 0.2) is 0 Å². The zero-order chi connectivity index (χ0) is 14.5. The van der Waals surface area contributed by atoms with E-state index >= 15 is 0 Å². The molecular formula is C15H13BrFNOS. The Morgan fingerprint density at radius 3 is 2.60 bits per heavy atom. The zero-order valence-corrected chi connectivity index (χ0v) is 13.2. The van der Waals surface area contributed by atoms with Crippen LogP contribution in [0.25, 0.3) is 0 Å². The fourth-order valence-corrected chi connectivity index (χ4v) is 2.88. The first kappa shape index (κ1) is 15.1. The van der Waals surface area contributed by atoms with Crippen molar-refractivity contribution in [2.24, 2.45) is 0 Å². The van der Waals surface area contributed by atoms with Crippen molar-refractivity contribution in [1.29, 1.82) is 0 Å². The Labute approximate surface area is 129 Å². The van der Waals surface area contributed by atoms with E-state index in [0.29, 0.717) is 0 Å². The first-order valence-electron chi connectivity index (χ1n) is 5.99. The quantitative estimate of drug-likeness (QED) is 0.812. The normalized spacial score (nSPS) is 10.3. The van der Waals surface area contributed by atoms with Gasteiger partial charge in [-0.05, 0) is 64.8 Å². The van der Waals surface area contributed by atoms with Crippen LogP contribution in [0.15, 0.2) is 51.8 Å². The van der Waals surface area contributed by atoms with Crippen LogP contribution in [0.2, 0.25) is 0 Å². The van der Waals surface area contributed by atoms with Crippen LogP contribution in [0.3, 0.4) is 0 Å². The zero-order valence-electron chi connectivity index (χ0n) is 10.8. The highest BCUT2D eigenvalue weighted by atomic mass is 79.9. The maximum atomic E-state index is 12.8. The second-order valence-electron chi connectivity index (χ2n) is 4.27. The Kier molecular flexibility index (Phi) is 5.20. The van der Waals surface area contributed by atoms with E-state index in [-0.39, 0.29) is 17.5 Å². The van der Waals surface area contributed by atoms with Crippen molar-refractivity contribution in [3.05, 3.63) is 58.3 Å². The van der Waals surface area contributed by atoms with Crippen molar-refractivity contribution < 1.29 is 9.18 Å². The van der Waals surface area contributed by atoms with Gasteiger partial charge in [0.25, 0.3) is 0 Å². The van der Waals surface area contributed by atoms with Crippen LogP contribution in [0.1, 0.15) is 5.56 Å². The molecule has 2 nitrogen and oxygen atoms in total. The fourth-order valence-electron chi connectivity index (χ4n) is 1.59. The number of amides is 1. The fraction of sp³-hybridized carbons (Fsp3) is 0.133. The molecule has 20 heavy (non-hydrogen) atoms. The molecule has 0 heterocycles. The van der Waals surface area contributed by atoms with Gasteiger partial charge < -0.3 is 5.32 Å². The summed E-state index contributed by atoms with van der Waals surface area (Å²) in [6, 6.07) is 11.8. The van der Waals surface area contributed by atoms with E-state index in [2.05, 4.69) is 21.2 Å². The second kappa shape index (κ2) is 6.90. The summed E-state index contributed by atoms with van der Waals surface area (Å²) in [7, 11) is 0. The Balaban J connectivity index is 1.90. The van der Waals surface area contributed by atoms with Gasteiger partial charge in [-0.3, -0.25) is 4.79 Å². The summed E-state index contributed by atoms with van der Waals surface area (Å²) in [6.45, 7) is 1.99. The third kappa shape index (κ3) is 4.35. The maximum Gasteiger partial charge on any atom is 0.234 e. The molecule has 0 bridgehead atoms. The number of rotatable bonds is 4. The maximum absolute atomic E-state index is 12.8. The van der Waals surface area contributed by atoms with Crippen molar-refractivity contribution in [3.8, 4) is 0 Å². The van der Waals surface area contributed by atoms with Crippen LogP contribution < -0.4 is 5.32 Å². The van der Waals surface area contributed by atoms with Gasteiger partial charge in [0, 0.05) is 9.37 Å². The highest BCUT2D eigenvalue weighted by Crippen LogP contribution is 2.24. The van der Waals surface area contributed by atoms with Gasteiger partial charge >= 0.3 is 0 Å². The molecule has 5 heteroatoms. The van der Waals surface area contributed by atoms with Gasteiger partial charge in [-0.1, -0.05) is 6.07 Å². The highest BCUT2D eigenvalue weighted by Gasteiger charge is 2.06. The number of hydrogen-bond donors (Lipinski definition) is 1. The van der Waals surface area contributed by atoms with E-state index in [1.165, 1.54) is 23.9 Å². The summed E-state index contributed by atoms with van der Waals surface area (Å²) in [5.41, 5.74) is 1.87. The molecule has 2 rings (SSSR count). The predicted molar refractivity (Wildman–Crippen MR) is 84.6 cm³/mol. The Hall–Kier alpha value is -1.33. The number of carbonyl (C=O) groups is 1. The molecule has 2 aromatic carbocycles. The number of halogens is 2. The molecule has 2 aromatic rings. The van der Waals surface area contributed by atoms with Gasteiger partial charge in [0.1, 0.15) is 5.82 Å². The number of hydrogen-bond acceptors (Lipinski definition) is 2. The number of nitrogens with one attached hydrogen (secondary N) is 1. The number of carbonyl (C=O) groups excluding carboxylic acids is 1. The van der Waals surface area contributed by atoms with Crippen LogP contribution in [0, 0.1) is 12.7 Å². The molecule has 0 aliphatic rings. The van der Waals surface area contributed by atoms with E-state index in [4.69, 9.17) is 0 Å². The third-order valence-electron chi connectivity index (χ3n) is 2.58. The lowest BCUT2D eigenvalue weighted by Crippen LogP contribution is -2.14. The topological polar surface area (TPSA) is 29.1 Å². The minimum atomic E-state index is -0.276. The monoisotopic (exact) mass is 353 g/mol. The highest BCUT2D eigenvalue weighted by molar-refractivity contribution is 9.10. The molecule has 0 fully saturated rings. The van der Waals surface area contributed by atoms with Crippen molar-refractivity contribution in [1.82, 2.24) is 0 Å². The molecule has 1 amide bonds. The minimum absolute atomic E-state index is 0.0936. The van der Waals surface area contributed by atoms with Crippen molar-refractivity contribution >= 4 is 39.3 Å². The lowest BCUT2D eigenvalue weighted by molar-refractivity contribution is -0.113. The van der Waals surface area contributed by atoms with Crippen LogP contribution in [0.4, 0.5) is 10.1 Å². The molecule has 0 saturated carbocycles. The average Bonchev–Trinajstić information content (AvgIpc) is 2.41. The van der Waals surface area contributed by atoms with E-state index in [1.54, 1.807) is 12.1 Å². The first-order chi connectivity index (χ1) is 9.54. The summed E-state index contributed by atoms with van der Waals surface area (Å²) < 4.78 is 13.6. The Morgan fingerprint density at radius 2 is 1.95 bits per heavy atom. The largest absolute Gasteiger partial charge is 0.324 e. The number of anilines is 1. The molecule has 0 aromatic heterocycles. The predicted octanol–water partition coefficient (Wildman–Crippen LogP) is 4.63. The van der Waals surface area contributed by atoms with Crippen LogP contribution in [-0.2, 0) is 4.79 Å². The third-order valence-corrected chi connectivity index (χ3v) is 4.25. The van der Waals surface area contributed by atoms with E-state index < -0.39 is 0 Å². The number of thioether (sulfide) groups is 1. The van der Waals surface area contributed by atoms with E-state index in [1.807, 2.05) is 25.1 Å². The number of benzene rings is 2. The summed E-state index contributed by atoms with van der Waals surface area (Å²) >= 11 is 4.79. The summed E-state index contributed by atoms with van der Waals surface area (Å²) in [6.07, 6.45) is 0. The van der Waals surface area contributed by atoms with Gasteiger partial charge in [-0.2, -0.15) is 0 Å². The Bertz CT molecular complexity index is 616. The molecular weight excluding hydrogens is 341 g/mol. The molecule has 0 atom stereocenters. The minimum Gasteiger partial charge on any atom is -0.324 e. The molecule has 104 valence electrons. The van der Waals surface area contributed by atoms with E-state index in [9.17, 15) is 9.18 Å². The average molecular weight is 354 g/mol. The molecule has 0 spiro atoms. The van der Waals surface area contributed by atoms with Crippen molar-refractivity contribution in [3.63, 3.8) is 0 Å². The van der Waals surface area contributed by atoms with Gasteiger partial charge in [0.05, 0.1) is 11.4 Å². The molecule has 0 aliphatic heterocycles. The van der Waals surface area contributed by atoms with Crippen molar-refractivity contribution in [2.45, 2.75) is 11.8 Å². The van der Waals surface area contributed by atoms with E-state index in [0.717, 1.165) is 20.6 Å². The lowest BCUT2D eigenvalue weighted by atomic mass is 10.2. The molecule has 0 saturated heterocycles. The molecule has 0 unspecified atom stereocenters. The summed E-state index contributed by atoms with van der Waals surface area (Å²) in [5, 5.41) is 2.84. The number of aryl methyl sites for hydroxylation is 1. The van der Waals surface area contributed by atoms with Crippen LogP contribution >= 0.6 is 27.7 Å². The Morgan fingerprint density at radius 1 is 1.25 bits per heavy atom. The van der Waals surface area contributed by atoms with Crippen molar-refractivity contribution in [2.75, 3.05) is 11.1 Å². The van der Waals surface area contributed by atoms with Crippen LogP contribution in [0.5, 0.6) is 0 Å². The molecule has 0 aliphatic carbocycles. The lowest BCUT2D eigenvalue weighted by Gasteiger charge is -2.08. The smallest absolute Gasteiger partial charge is 0.234 e. The molecule has 1 N–H and O–H groups in total. The molecule has 0 radical (unpaired) electrons. The van der Waals surface area contributed by atoms with Gasteiger partial charge in [-0.15, -0.1) is 11.8 Å². The first-order valence-corrected chi connectivity index (χ1v) is 7.77. The summed E-state index contributed by atoms with van der Waals surface area (Å²) in [4.78, 5) is 12.7. The van der Waals surface area contributed by atoms with Gasteiger partial charge in [-0.25, -0.2) is 4.39 Å². The van der Waals surface area contributed by atoms with Gasteiger partial charge in [0.2, 0.25) is 5.91 Å². The standard InChI is InChI=1S/C15H13BrFNOS/c1-10-2-7-14(13(16)8-10)18-15(19)9-20-12-5-3-11(17)4-6-12/h2-8H,9H2,1H3,(H,18,19). The SMILES string of the molecule is Cc1ccc(NC(=O)CSc2ccc(F)cc2)c(Br)c1. The van der Waals surface area contributed by atoms with Crippen LogP contribution in [-0.4, -0.2) is 11.7 Å².